The van der Waals surface area contributed by atoms with Crippen molar-refractivity contribution in [3.63, 3.8) is 0 Å². The maximum Gasteiger partial charge on any atom is 0.322 e. The van der Waals surface area contributed by atoms with E-state index in [1.165, 1.54) is 23.5 Å². The normalized spacial score (nSPS) is 16.7. The van der Waals surface area contributed by atoms with Crippen molar-refractivity contribution in [2.45, 2.75) is 39.3 Å². The molecule has 1 unspecified atom stereocenters. The van der Waals surface area contributed by atoms with Crippen LogP contribution in [0.2, 0.25) is 0 Å². The number of amides is 2. The molecule has 3 heterocycles. The number of nitrogens with one attached hydrogen (secondary N) is 1. The van der Waals surface area contributed by atoms with E-state index in [0.29, 0.717) is 48.1 Å². The molecule has 4 rings (SSSR count). The maximum absolute atomic E-state index is 14.0. The van der Waals surface area contributed by atoms with Crippen LogP contribution in [0.25, 0.3) is 16.3 Å². The van der Waals surface area contributed by atoms with Gasteiger partial charge in [-0.05, 0) is 56.3 Å². The lowest BCUT2D eigenvalue weighted by Gasteiger charge is -2.35. The summed E-state index contributed by atoms with van der Waals surface area (Å²) < 4.78 is 25.2. The molecule has 2 aromatic heterocycles. The van der Waals surface area contributed by atoms with Crippen LogP contribution in [-0.2, 0) is 4.74 Å². The van der Waals surface area contributed by atoms with Crippen LogP contribution in [0.15, 0.2) is 52.0 Å². The molecule has 0 bridgehead atoms. The van der Waals surface area contributed by atoms with E-state index in [1.54, 1.807) is 17.0 Å². The monoisotopic (exact) mass is 456 g/mol. The van der Waals surface area contributed by atoms with Crippen LogP contribution < -0.4 is 5.32 Å². The molecule has 1 N–H and O–H groups in total. The molecule has 0 saturated heterocycles. The zero-order valence-electron chi connectivity index (χ0n) is 18.2. The molecule has 1 aliphatic rings. The van der Waals surface area contributed by atoms with Crippen molar-refractivity contribution >= 4 is 22.9 Å². The summed E-state index contributed by atoms with van der Waals surface area (Å²) in [6, 6.07) is 9.11. The molecular formula is C23H25FN4O3S. The van der Waals surface area contributed by atoms with E-state index < -0.39 is 6.04 Å². The van der Waals surface area contributed by atoms with E-state index in [-0.39, 0.29) is 18.0 Å². The van der Waals surface area contributed by atoms with Crippen molar-refractivity contribution in [3.8, 4) is 10.7 Å². The number of ether oxygens (including phenoxy) is 1. The molecule has 0 spiro atoms. The summed E-state index contributed by atoms with van der Waals surface area (Å²) in [4.78, 5) is 20.1. The Morgan fingerprint density at radius 2 is 2.16 bits per heavy atom. The number of thiophene rings is 1. The number of hydrogen-bond acceptors (Lipinski definition) is 6. The molecular weight excluding hydrogens is 431 g/mol. The zero-order valence-corrected chi connectivity index (χ0v) is 19.0. The van der Waals surface area contributed by atoms with Crippen LogP contribution in [0.1, 0.15) is 44.7 Å². The summed E-state index contributed by atoms with van der Waals surface area (Å²) in [6.07, 6.45) is 0.800. The summed E-state index contributed by atoms with van der Waals surface area (Å²) in [6.45, 7) is 6.80. The lowest BCUT2D eigenvalue weighted by atomic mass is 9.94. The fourth-order valence-electron chi connectivity index (χ4n) is 3.64. The van der Waals surface area contributed by atoms with Crippen molar-refractivity contribution in [2.75, 3.05) is 13.2 Å². The summed E-state index contributed by atoms with van der Waals surface area (Å²) in [5.74, 6) is 0.387. The first-order valence-electron chi connectivity index (χ1n) is 10.5. The van der Waals surface area contributed by atoms with Crippen LogP contribution in [0.5, 0.6) is 0 Å². The first-order valence-corrected chi connectivity index (χ1v) is 11.4. The number of carbonyl (C=O) groups excluding carboxylic acids is 1. The molecule has 168 valence electrons. The topological polar surface area (TPSA) is 80.5 Å². The Kier molecular flexibility index (Phi) is 6.66. The Bertz CT molecular complexity index is 1110. The number of allylic oxidation sites excluding steroid dienone is 1. The lowest BCUT2D eigenvalue weighted by molar-refractivity contribution is 0.0736. The third kappa shape index (κ3) is 4.73. The molecule has 3 aromatic rings. The van der Waals surface area contributed by atoms with Gasteiger partial charge in [0.15, 0.2) is 0 Å². The number of benzene rings is 1. The molecule has 0 saturated carbocycles. The van der Waals surface area contributed by atoms with E-state index in [2.05, 4.69) is 15.5 Å². The van der Waals surface area contributed by atoms with Gasteiger partial charge < -0.3 is 14.6 Å². The molecule has 2 amide bonds. The Morgan fingerprint density at radius 1 is 1.31 bits per heavy atom. The number of halogens is 1. The van der Waals surface area contributed by atoms with Gasteiger partial charge in [0.2, 0.25) is 5.82 Å². The van der Waals surface area contributed by atoms with Crippen molar-refractivity contribution in [3.05, 3.63) is 64.7 Å². The molecule has 0 aliphatic carbocycles. The summed E-state index contributed by atoms with van der Waals surface area (Å²) >= 11 is 1.51. The van der Waals surface area contributed by atoms with Crippen LogP contribution >= 0.6 is 11.3 Å². The molecule has 0 fully saturated rings. The minimum atomic E-state index is -0.613. The molecule has 0 radical (unpaired) electrons. The number of rotatable bonds is 8. The second-order valence-corrected chi connectivity index (χ2v) is 8.71. The van der Waals surface area contributed by atoms with Crippen molar-refractivity contribution in [1.82, 2.24) is 20.4 Å². The van der Waals surface area contributed by atoms with Gasteiger partial charge in [-0.3, -0.25) is 4.90 Å². The van der Waals surface area contributed by atoms with Crippen molar-refractivity contribution < 1.29 is 18.4 Å². The minimum absolute atomic E-state index is 0.129. The third-order valence-electron chi connectivity index (χ3n) is 5.15. The summed E-state index contributed by atoms with van der Waals surface area (Å²) in [5.41, 5.74) is 1.94. The van der Waals surface area contributed by atoms with Crippen molar-refractivity contribution in [2.24, 2.45) is 0 Å². The van der Waals surface area contributed by atoms with Crippen LogP contribution in [0.3, 0.4) is 0 Å². The smallest absolute Gasteiger partial charge is 0.322 e. The van der Waals surface area contributed by atoms with Gasteiger partial charge >= 0.3 is 6.03 Å². The van der Waals surface area contributed by atoms with Gasteiger partial charge in [0.1, 0.15) is 5.82 Å². The van der Waals surface area contributed by atoms with Crippen molar-refractivity contribution in [1.29, 1.82) is 0 Å². The SMILES string of the molecule is CC1=C(c2nc(-c3cccs3)no2)C(c2cccc(F)c2)NC(=O)N1CCCOC(C)C. The average molecular weight is 457 g/mol. The summed E-state index contributed by atoms with van der Waals surface area (Å²) in [7, 11) is 0. The quantitative estimate of drug-likeness (QED) is 0.468. The molecule has 7 nitrogen and oxygen atoms in total. The van der Waals surface area contributed by atoms with Crippen LogP contribution in [0.4, 0.5) is 9.18 Å². The highest BCUT2D eigenvalue weighted by Crippen LogP contribution is 2.37. The van der Waals surface area contributed by atoms with Gasteiger partial charge in [-0.15, -0.1) is 11.3 Å². The molecule has 1 aliphatic heterocycles. The van der Waals surface area contributed by atoms with E-state index in [9.17, 15) is 9.18 Å². The molecule has 1 atom stereocenters. The van der Waals surface area contributed by atoms with Crippen LogP contribution in [0, 0.1) is 5.82 Å². The Labute approximate surface area is 189 Å². The fraction of sp³-hybridized carbons (Fsp3) is 0.348. The highest BCUT2D eigenvalue weighted by Gasteiger charge is 2.35. The first-order chi connectivity index (χ1) is 15.4. The Hall–Kier alpha value is -3.04. The second-order valence-electron chi connectivity index (χ2n) is 7.76. The molecule has 9 heteroatoms. The van der Waals surface area contributed by atoms with Gasteiger partial charge in [-0.2, -0.15) is 4.98 Å². The van der Waals surface area contributed by atoms with Gasteiger partial charge in [-0.1, -0.05) is 23.4 Å². The predicted octanol–water partition coefficient (Wildman–Crippen LogP) is 5.25. The first kappa shape index (κ1) is 22.2. The molecule has 32 heavy (non-hydrogen) atoms. The lowest BCUT2D eigenvalue weighted by Crippen LogP contribution is -2.46. The minimum Gasteiger partial charge on any atom is -0.379 e. The van der Waals surface area contributed by atoms with Gasteiger partial charge in [0.25, 0.3) is 5.89 Å². The number of urea groups is 1. The average Bonchev–Trinajstić information content (AvgIpc) is 3.44. The van der Waals surface area contributed by atoms with Crippen LogP contribution in [-0.4, -0.2) is 40.3 Å². The van der Waals surface area contributed by atoms with Gasteiger partial charge in [0, 0.05) is 18.8 Å². The number of nitrogens with zero attached hydrogens (tertiary/aromatic N) is 3. The van der Waals surface area contributed by atoms with E-state index in [1.807, 2.05) is 38.3 Å². The highest BCUT2D eigenvalue weighted by atomic mass is 32.1. The highest BCUT2D eigenvalue weighted by molar-refractivity contribution is 7.13. The van der Waals surface area contributed by atoms with E-state index >= 15 is 0 Å². The second kappa shape index (κ2) is 9.62. The number of carbonyl (C=O) groups is 1. The number of aromatic nitrogens is 2. The van der Waals surface area contributed by atoms with E-state index in [4.69, 9.17) is 9.26 Å². The fourth-order valence-corrected chi connectivity index (χ4v) is 4.29. The Balaban J connectivity index is 1.70. The third-order valence-corrected chi connectivity index (χ3v) is 6.02. The van der Waals surface area contributed by atoms with Gasteiger partial charge in [-0.25, -0.2) is 9.18 Å². The predicted molar refractivity (Wildman–Crippen MR) is 120 cm³/mol. The summed E-state index contributed by atoms with van der Waals surface area (Å²) in [5, 5.41) is 9.03. The number of hydrogen-bond donors (Lipinski definition) is 1. The molecule has 1 aromatic carbocycles. The van der Waals surface area contributed by atoms with E-state index in [0.717, 1.165) is 4.88 Å². The largest absolute Gasteiger partial charge is 0.379 e. The Morgan fingerprint density at radius 3 is 2.88 bits per heavy atom. The maximum atomic E-state index is 14.0. The van der Waals surface area contributed by atoms with Gasteiger partial charge in [0.05, 0.1) is 22.6 Å². The zero-order chi connectivity index (χ0) is 22.7. The standard InChI is InChI=1S/C23H25FN4O3S/c1-14(2)30-11-6-10-28-15(3)19(22-26-21(27-31-22)18-9-5-12-32-18)20(25-23(28)29)16-7-4-8-17(24)13-16/h4-5,7-9,12-14,20H,6,10-11H2,1-3H3,(H,25,29).